The second kappa shape index (κ2) is 15.7. The number of halogens is 1. The predicted octanol–water partition coefficient (Wildman–Crippen LogP) is 5.25. The van der Waals surface area contributed by atoms with Gasteiger partial charge in [0.25, 0.3) is 0 Å². The molecule has 0 atom stereocenters. The van der Waals surface area contributed by atoms with Crippen molar-refractivity contribution in [2.24, 2.45) is 0 Å². The Morgan fingerprint density at radius 2 is 1.88 bits per heavy atom. The fourth-order valence-electron chi connectivity index (χ4n) is 3.16. The number of aromatic nitrogens is 2. The Labute approximate surface area is 207 Å². The third-order valence-electron chi connectivity index (χ3n) is 4.95. The van der Waals surface area contributed by atoms with Gasteiger partial charge in [0.2, 0.25) is 13.2 Å². The number of unbranched alkanes of at least 4 members (excludes halogenated alkanes) is 3. The number of carbonyl (C=O) groups excluding carboxylic acids is 1. The van der Waals surface area contributed by atoms with Gasteiger partial charge >= 0.3 is 0 Å². The minimum Gasteiger partial charge on any atom is -0.454 e. The first kappa shape index (κ1) is 29.0. The molecule has 10 heteroatoms. The van der Waals surface area contributed by atoms with Crippen LogP contribution in [0.5, 0.6) is 11.5 Å². The van der Waals surface area contributed by atoms with Gasteiger partial charge in [0.1, 0.15) is 18.0 Å². The van der Waals surface area contributed by atoms with Gasteiger partial charge < -0.3 is 19.7 Å². The quantitative estimate of drug-likeness (QED) is 0.188. The van der Waals surface area contributed by atoms with Crippen LogP contribution in [0.25, 0.3) is 0 Å². The van der Waals surface area contributed by atoms with Gasteiger partial charge in [-0.05, 0) is 38.8 Å². The molecule has 2 heterocycles. The van der Waals surface area contributed by atoms with Gasteiger partial charge in [-0.15, -0.1) is 0 Å². The Morgan fingerprint density at radius 1 is 1.24 bits per heavy atom. The van der Waals surface area contributed by atoms with Crippen LogP contribution in [0.2, 0.25) is 5.02 Å². The lowest BCUT2D eigenvalue weighted by Gasteiger charge is -2.25. The third-order valence-corrected chi connectivity index (χ3v) is 5.36. The fraction of sp³-hybridized carbons (Fsp3) is 0.458. The zero-order chi connectivity index (χ0) is 25.5. The minimum absolute atomic E-state index is 0.181. The molecule has 1 aliphatic heterocycles. The molecule has 0 saturated carbocycles. The molecule has 0 spiro atoms. The van der Waals surface area contributed by atoms with E-state index in [-0.39, 0.29) is 6.41 Å². The third kappa shape index (κ3) is 9.07. The van der Waals surface area contributed by atoms with Crippen molar-refractivity contribution >= 4 is 29.6 Å². The highest BCUT2D eigenvalue weighted by Crippen LogP contribution is 2.36. The van der Waals surface area contributed by atoms with Gasteiger partial charge in [0, 0.05) is 35.9 Å². The number of benzene rings is 1. The van der Waals surface area contributed by atoms with Gasteiger partial charge in [0.15, 0.2) is 11.5 Å². The number of nitrogens with one attached hydrogen (secondary N) is 2. The molecule has 0 aliphatic carbocycles. The molecule has 188 valence electrons. The zero-order valence-corrected chi connectivity index (χ0v) is 21.4. The van der Waals surface area contributed by atoms with E-state index in [2.05, 4.69) is 33.7 Å². The summed E-state index contributed by atoms with van der Waals surface area (Å²) in [5, 5.41) is 11.1. The summed E-state index contributed by atoms with van der Waals surface area (Å²) in [5.41, 5.74) is 4.36. The lowest BCUT2D eigenvalue weighted by molar-refractivity contribution is -0.116. The standard InChI is InChI=1S/C15H26N4.C8H7ClO2.CH3NO2/c1-6-7-8-9-10-19(12(2)3)15-13(4)14(16-5)17-11-18-15;1-5-2-7-8(3-6(5)9)11-4-10-7;3-1-2-4/h11H,2,6-10H2,1,3-5H3,(H,16,17,18);2-3H,4H2,1H3;1,4H,(H,2,3). The Hall–Kier alpha value is -3.04. The number of hydrogen-bond acceptors (Lipinski definition) is 8. The van der Waals surface area contributed by atoms with E-state index in [0.29, 0.717) is 11.8 Å². The maximum absolute atomic E-state index is 8.81. The summed E-state index contributed by atoms with van der Waals surface area (Å²) in [6, 6.07) is 3.66. The molecule has 1 aromatic carbocycles. The number of ether oxygens (including phenoxy) is 2. The van der Waals surface area contributed by atoms with E-state index in [1.54, 1.807) is 12.4 Å². The van der Waals surface area contributed by atoms with Crippen LogP contribution < -0.4 is 25.2 Å². The number of amides is 1. The SMILES string of the molecule is C=C(C)N(CCCCCC)c1ncnc(NC)c1C.Cc1cc2c(cc1Cl)OCO2.O=CNO. The summed E-state index contributed by atoms with van der Waals surface area (Å²) in [4.78, 5) is 19.7. The Balaban J connectivity index is 0.000000321. The number of fused-ring (bicyclic) bond motifs is 1. The van der Waals surface area contributed by atoms with Crippen molar-refractivity contribution in [1.29, 1.82) is 0 Å². The number of carbonyl (C=O) groups is 1. The molecular formula is C24H36ClN5O4. The number of anilines is 2. The number of nitrogens with zero attached hydrogens (tertiary/aromatic N) is 3. The van der Waals surface area contributed by atoms with E-state index in [1.165, 1.54) is 31.2 Å². The summed E-state index contributed by atoms with van der Waals surface area (Å²) in [6.45, 7) is 13.6. The van der Waals surface area contributed by atoms with E-state index in [1.807, 2.05) is 33.9 Å². The highest BCUT2D eigenvalue weighted by Gasteiger charge is 2.15. The van der Waals surface area contributed by atoms with Gasteiger partial charge in [-0.1, -0.05) is 44.4 Å². The van der Waals surface area contributed by atoms with Gasteiger partial charge in [-0.3, -0.25) is 10.0 Å². The number of hydroxylamine groups is 1. The van der Waals surface area contributed by atoms with Crippen LogP contribution in [-0.2, 0) is 4.79 Å². The van der Waals surface area contributed by atoms with Crippen LogP contribution in [0.1, 0.15) is 50.7 Å². The average molecular weight is 494 g/mol. The maximum atomic E-state index is 8.81. The fourth-order valence-corrected chi connectivity index (χ4v) is 3.31. The molecule has 0 fully saturated rings. The number of allylic oxidation sites excluding steroid dienone is 1. The summed E-state index contributed by atoms with van der Waals surface area (Å²) in [5.74, 6) is 3.36. The highest BCUT2D eigenvalue weighted by atomic mass is 35.5. The van der Waals surface area contributed by atoms with E-state index in [4.69, 9.17) is 31.1 Å². The molecule has 0 bridgehead atoms. The van der Waals surface area contributed by atoms with Crippen molar-refractivity contribution in [3.8, 4) is 11.5 Å². The Morgan fingerprint density at radius 3 is 2.44 bits per heavy atom. The van der Waals surface area contributed by atoms with Crippen molar-refractivity contribution in [2.45, 2.75) is 53.4 Å². The van der Waals surface area contributed by atoms with Crippen LogP contribution in [0.3, 0.4) is 0 Å². The lowest BCUT2D eigenvalue weighted by Crippen LogP contribution is -2.24. The van der Waals surface area contributed by atoms with Crippen molar-refractivity contribution < 1.29 is 19.5 Å². The number of aryl methyl sites for hydroxylation is 1. The predicted molar refractivity (Wildman–Crippen MR) is 136 cm³/mol. The molecule has 0 unspecified atom stereocenters. The minimum atomic E-state index is 0.181. The van der Waals surface area contributed by atoms with Gasteiger partial charge in [-0.25, -0.2) is 15.4 Å². The normalized spacial score (nSPS) is 10.8. The van der Waals surface area contributed by atoms with Crippen LogP contribution in [-0.4, -0.2) is 42.0 Å². The van der Waals surface area contributed by atoms with Crippen molar-refractivity contribution in [2.75, 3.05) is 30.6 Å². The summed E-state index contributed by atoms with van der Waals surface area (Å²) >= 11 is 5.86. The topological polar surface area (TPSA) is 109 Å². The smallest absolute Gasteiger partial charge is 0.231 e. The zero-order valence-electron chi connectivity index (χ0n) is 20.7. The largest absolute Gasteiger partial charge is 0.454 e. The second-order valence-electron chi connectivity index (χ2n) is 7.57. The lowest BCUT2D eigenvalue weighted by atomic mass is 10.2. The van der Waals surface area contributed by atoms with Gasteiger partial charge in [0.05, 0.1) is 0 Å². The van der Waals surface area contributed by atoms with Crippen LogP contribution in [0.15, 0.2) is 30.7 Å². The van der Waals surface area contributed by atoms with Crippen molar-refractivity contribution in [3.05, 3.63) is 46.9 Å². The Kier molecular flexibility index (Phi) is 13.4. The average Bonchev–Trinajstić information content (AvgIpc) is 3.27. The first-order chi connectivity index (χ1) is 16.3. The highest BCUT2D eigenvalue weighted by molar-refractivity contribution is 6.31. The number of hydrogen-bond donors (Lipinski definition) is 3. The molecule has 0 radical (unpaired) electrons. The van der Waals surface area contributed by atoms with Crippen LogP contribution >= 0.6 is 11.6 Å². The monoisotopic (exact) mass is 493 g/mol. The first-order valence-corrected chi connectivity index (χ1v) is 11.5. The van der Waals surface area contributed by atoms with E-state index >= 15 is 0 Å². The molecular weight excluding hydrogens is 458 g/mol. The molecule has 34 heavy (non-hydrogen) atoms. The van der Waals surface area contributed by atoms with Crippen LogP contribution in [0.4, 0.5) is 11.6 Å². The molecule has 3 rings (SSSR count). The van der Waals surface area contributed by atoms with Crippen molar-refractivity contribution in [3.63, 3.8) is 0 Å². The molecule has 0 saturated heterocycles. The second-order valence-corrected chi connectivity index (χ2v) is 7.98. The van der Waals surface area contributed by atoms with Gasteiger partial charge in [-0.2, -0.15) is 0 Å². The summed E-state index contributed by atoms with van der Waals surface area (Å²) in [6.07, 6.45) is 6.75. The molecule has 2 aromatic rings. The maximum Gasteiger partial charge on any atom is 0.231 e. The molecule has 3 N–H and O–H groups in total. The van der Waals surface area contributed by atoms with Crippen LogP contribution in [0, 0.1) is 13.8 Å². The summed E-state index contributed by atoms with van der Waals surface area (Å²) < 4.78 is 10.3. The molecule has 1 aliphatic rings. The van der Waals surface area contributed by atoms with Crippen molar-refractivity contribution in [1.82, 2.24) is 15.4 Å². The molecule has 1 amide bonds. The van der Waals surface area contributed by atoms with E-state index in [0.717, 1.165) is 46.5 Å². The Bertz CT molecular complexity index is 897. The molecule has 1 aromatic heterocycles. The van der Waals surface area contributed by atoms with E-state index in [9.17, 15) is 0 Å². The number of rotatable bonds is 9. The molecule has 9 nitrogen and oxygen atoms in total. The van der Waals surface area contributed by atoms with E-state index < -0.39 is 0 Å². The first-order valence-electron chi connectivity index (χ1n) is 11.1. The summed E-state index contributed by atoms with van der Waals surface area (Å²) in [7, 11) is 1.88.